The van der Waals surface area contributed by atoms with Gasteiger partial charge in [0.1, 0.15) is 4.88 Å². The number of hydrogen-bond acceptors (Lipinski definition) is 4. The van der Waals surface area contributed by atoms with Gasteiger partial charge in [0.25, 0.3) is 5.91 Å². The predicted molar refractivity (Wildman–Crippen MR) is 65.2 cm³/mol. The Labute approximate surface area is 104 Å². The number of carboxylic acid groups (broad SMARTS) is 1. The average Bonchev–Trinajstić information content (AvgIpc) is 2.75. The van der Waals surface area contributed by atoms with E-state index >= 15 is 0 Å². The summed E-state index contributed by atoms with van der Waals surface area (Å²) in [4.78, 5) is 28.6. The summed E-state index contributed by atoms with van der Waals surface area (Å²) < 4.78 is 0. The Kier molecular flexibility index (Phi) is 5.09. The molecule has 0 aliphatic rings. The van der Waals surface area contributed by atoms with E-state index < -0.39 is 5.97 Å². The van der Waals surface area contributed by atoms with Crippen LogP contribution in [-0.2, 0) is 4.79 Å². The molecule has 17 heavy (non-hydrogen) atoms. The molecule has 1 N–H and O–H groups in total. The standard InChI is InChI=1S/C11H16N2O3S/c1-8(2)13(5-3-4-10(14)15)11(16)9-6-12-7-17-9/h6-8H,3-5H2,1-2H3,(H,14,15). The molecule has 0 atom stereocenters. The molecule has 1 rings (SSSR count). The van der Waals surface area contributed by atoms with Gasteiger partial charge in [0.2, 0.25) is 0 Å². The van der Waals surface area contributed by atoms with Crippen molar-refractivity contribution in [2.75, 3.05) is 6.54 Å². The van der Waals surface area contributed by atoms with Crippen molar-refractivity contribution in [3.8, 4) is 0 Å². The Balaban J connectivity index is 2.60. The van der Waals surface area contributed by atoms with Gasteiger partial charge in [-0.3, -0.25) is 14.6 Å². The molecule has 1 aromatic heterocycles. The molecule has 0 aromatic carbocycles. The second kappa shape index (κ2) is 6.34. The molecule has 1 heterocycles. The summed E-state index contributed by atoms with van der Waals surface area (Å²) in [5.41, 5.74) is 1.61. The highest BCUT2D eigenvalue weighted by molar-refractivity contribution is 7.11. The largest absolute Gasteiger partial charge is 0.481 e. The third-order valence-electron chi connectivity index (χ3n) is 2.32. The van der Waals surface area contributed by atoms with Crippen molar-refractivity contribution in [3.05, 3.63) is 16.6 Å². The van der Waals surface area contributed by atoms with Gasteiger partial charge in [-0.25, -0.2) is 0 Å². The number of aliphatic carboxylic acids is 1. The molecule has 0 spiro atoms. The quantitative estimate of drug-likeness (QED) is 0.843. The van der Waals surface area contributed by atoms with Gasteiger partial charge >= 0.3 is 5.97 Å². The minimum absolute atomic E-state index is 0.0541. The van der Waals surface area contributed by atoms with Gasteiger partial charge in [-0.1, -0.05) is 0 Å². The van der Waals surface area contributed by atoms with E-state index in [0.717, 1.165) is 0 Å². The van der Waals surface area contributed by atoms with E-state index in [4.69, 9.17) is 5.11 Å². The molecule has 0 unspecified atom stereocenters. The fraction of sp³-hybridized carbons (Fsp3) is 0.545. The maximum atomic E-state index is 12.1. The number of nitrogens with zero attached hydrogens (tertiary/aromatic N) is 2. The number of amides is 1. The maximum absolute atomic E-state index is 12.1. The zero-order chi connectivity index (χ0) is 12.8. The number of rotatable bonds is 6. The predicted octanol–water partition coefficient (Wildman–Crippen LogP) is 1.86. The summed E-state index contributed by atoms with van der Waals surface area (Å²) in [5, 5.41) is 8.58. The van der Waals surface area contributed by atoms with Gasteiger partial charge in [0.15, 0.2) is 0 Å². The smallest absolute Gasteiger partial charge is 0.303 e. The SMILES string of the molecule is CC(C)N(CCCC(=O)O)C(=O)c1cncs1. The van der Waals surface area contributed by atoms with Gasteiger partial charge in [0, 0.05) is 19.0 Å². The average molecular weight is 256 g/mol. The molecule has 0 radical (unpaired) electrons. The van der Waals surface area contributed by atoms with Crippen molar-refractivity contribution in [1.82, 2.24) is 9.88 Å². The lowest BCUT2D eigenvalue weighted by atomic mass is 10.2. The molecule has 0 bridgehead atoms. The van der Waals surface area contributed by atoms with Crippen LogP contribution < -0.4 is 0 Å². The van der Waals surface area contributed by atoms with Crippen LogP contribution in [0, 0.1) is 0 Å². The Hall–Kier alpha value is -1.43. The first-order chi connectivity index (χ1) is 8.02. The molecule has 94 valence electrons. The minimum atomic E-state index is -0.834. The Morgan fingerprint density at radius 3 is 2.71 bits per heavy atom. The van der Waals surface area contributed by atoms with E-state index in [0.29, 0.717) is 17.8 Å². The van der Waals surface area contributed by atoms with Gasteiger partial charge in [-0.05, 0) is 20.3 Å². The van der Waals surface area contributed by atoms with E-state index in [9.17, 15) is 9.59 Å². The number of aromatic nitrogens is 1. The van der Waals surface area contributed by atoms with Crippen LogP contribution >= 0.6 is 11.3 Å². The highest BCUT2D eigenvalue weighted by Gasteiger charge is 2.19. The second-order valence-corrected chi connectivity index (χ2v) is 4.84. The Bertz CT molecular complexity index is 376. The first-order valence-corrected chi connectivity index (χ1v) is 6.31. The molecule has 0 aliphatic carbocycles. The third-order valence-corrected chi connectivity index (χ3v) is 3.08. The molecule has 1 aromatic rings. The van der Waals surface area contributed by atoms with Gasteiger partial charge in [0.05, 0.1) is 11.7 Å². The lowest BCUT2D eigenvalue weighted by molar-refractivity contribution is -0.137. The summed E-state index contributed by atoms with van der Waals surface area (Å²) >= 11 is 1.30. The zero-order valence-electron chi connectivity index (χ0n) is 9.92. The highest BCUT2D eigenvalue weighted by Crippen LogP contribution is 2.13. The van der Waals surface area contributed by atoms with Gasteiger partial charge in [-0.2, -0.15) is 0 Å². The summed E-state index contributed by atoms with van der Waals surface area (Å²) in [5.74, 6) is -0.910. The maximum Gasteiger partial charge on any atom is 0.303 e. The van der Waals surface area contributed by atoms with Crippen LogP contribution in [0.2, 0.25) is 0 Å². The molecular formula is C11H16N2O3S. The van der Waals surface area contributed by atoms with E-state index in [1.165, 1.54) is 11.3 Å². The van der Waals surface area contributed by atoms with E-state index in [1.807, 2.05) is 13.8 Å². The van der Waals surface area contributed by atoms with Crippen LogP contribution in [0.15, 0.2) is 11.7 Å². The molecule has 6 heteroatoms. The van der Waals surface area contributed by atoms with E-state index in [2.05, 4.69) is 4.98 Å². The number of carboxylic acids is 1. The van der Waals surface area contributed by atoms with Gasteiger partial charge in [-0.15, -0.1) is 11.3 Å². The Morgan fingerprint density at radius 2 is 2.24 bits per heavy atom. The number of hydrogen-bond donors (Lipinski definition) is 1. The van der Waals surface area contributed by atoms with Crippen LogP contribution in [-0.4, -0.2) is 39.5 Å². The lowest BCUT2D eigenvalue weighted by Crippen LogP contribution is -2.37. The van der Waals surface area contributed by atoms with Crippen molar-refractivity contribution < 1.29 is 14.7 Å². The van der Waals surface area contributed by atoms with Crippen LogP contribution in [0.1, 0.15) is 36.4 Å². The van der Waals surface area contributed by atoms with Crippen LogP contribution in [0.5, 0.6) is 0 Å². The number of thiazole rings is 1. The molecule has 0 saturated carbocycles. The summed E-state index contributed by atoms with van der Waals surface area (Å²) in [6.07, 6.45) is 2.09. The number of carbonyl (C=O) groups excluding carboxylic acids is 1. The molecule has 1 amide bonds. The van der Waals surface area contributed by atoms with Crippen LogP contribution in [0.25, 0.3) is 0 Å². The van der Waals surface area contributed by atoms with Crippen molar-refractivity contribution in [3.63, 3.8) is 0 Å². The van der Waals surface area contributed by atoms with Crippen molar-refractivity contribution in [2.45, 2.75) is 32.7 Å². The molecule has 0 fully saturated rings. The minimum Gasteiger partial charge on any atom is -0.481 e. The zero-order valence-corrected chi connectivity index (χ0v) is 10.7. The molecule has 5 nitrogen and oxygen atoms in total. The lowest BCUT2D eigenvalue weighted by Gasteiger charge is -2.25. The van der Waals surface area contributed by atoms with Gasteiger partial charge < -0.3 is 10.0 Å². The second-order valence-electron chi connectivity index (χ2n) is 3.96. The number of carbonyl (C=O) groups is 2. The summed E-state index contributed by atoms with van der Waals surface area (Å²) in [6, 6.07) is 0.0541. The molecule has 0 aliphatic heterocycles. The van der Waals surface area contributed by atoms with Crippen LogP contribution in [0.3, 0.4) is 0 Å². The normalized spacial score (nSPS) is 10.5. The monoisotopic (exact) mass is 256 g/mol. The third kappa shape index (κ3) is 4.14. The molecular weight excluding hydrogens is 240 g/mol. The first-order valence-electron chi connectivity index (χ1n) is 5.43. The van der Waals surface area contributed by atoms with Crippen LogP contribution in [0.4, 0.5) is 0 Å². The fourth-order valence-electron chi connectivity index (χ4n) is 1.46. The molecule has 0 saturated heterocycles. The van der Waals surface area contributed by atoms with E-state index in [-0.39, 0.29) is 18.4 Å². The first kappa shape index (κ1) is 13.6. The highest BCUT2D eigenvalue weighted by atomic mass is 32.1. The Morgan fingerprint density at radius 1 is 1.53 bits per heavy atom. The topological polar surface area (TPSA) is 70.5 Å². The van der Waals surface area contributed by atoms with Crippen molar-refractivity contribution in [2.24, 2.45) is 0 Å². The van der Waals surface area contributed by atoms with Crippen molar-refractivity contribution in [1.29, 1.82) is 0 Å². The fourth-order valence-corrected chi connectivity index (χ4v) is 2.03. The summed E-state index contributed by atoms with van der Waals surface area (Å²) in [6.45, 7) is 4.29. The van der Waals surface area contributed by atoms with E-state index in [1.54, 1.807) is 16.6 Å². The summed E-state index contributed by atoms with van der Waals surface area (Å²) in [7, 11) is 0. The van der Waals surface area contributed by atoms with Crippen molar-refractivity contribution >= 4 is 23.2 Å².